The van der Waals surface area contributed by atoms with E-state index in [9.17, 15) is 0 Å². The molecule has 5 nitrogen and oxygen atoms in total. The molecular weight excluding hydrogens is 260 g/mol. The van der Waals surface area contributed by atoms with Crippen LogP contribution in [-0.2, 0) is 18.1 Å². The molecular formula is C13H12N4OS. The van der Waals surface area contributed by atoms with E-state index in [0.717, 1.165) is 16.6 Å². The summed E-state index contributed by atoms with van der Waals surface area (Å²) >= 11 is 5.32. The molecule has 0 fully saturated rings. The number of fused-ring (bicyclic) bond motifs is 1. The van der Waals surface area contributed by atoms with E-state index in [0.29, 0.717) is 18.0 Å². The van der Waals surface area contributed by atoms with Gasteiger partial charge in [-0.3, -0.25) is 0 Å². The Morgan fingerprint density at radius 1 is 1.26 bits per heavy atom. The summed E-state index contributed by atoms with van der Waals surface area (Å²) in [6.07, 6.45) is 3.31. The van der Waals surface area contributed by atoms with Crippen molar-refractivity contribution in [2.75, 3.05) is 0 Å². The number of aromatic amines is 1. The first kappa shape index (κ1) is 12.0. The number of aromatic nitrogens is 4. The highest BCUT2D eigenvalue weighted by Gasteiger charge is 2.02. The first-order chi connectivity index (χ1) is 9.34. The summed E-state index contributed by atoms with van der Waals surface area (Å²) in [6.45, 7) is 0.847. The molecule has 6 heteroatoms. The van der Waals surface area contributed by atoms with Crippen LogP contribution >= 0.6 is 12.2 Å². The van der Waals surface area contributed by atoms with E-state index in [1.165, 1.54) is 0 Å². The second-order valence-corrected chi connectivity index (χ2v) is 4.46. The molecule has 0 unspecified atom stereocenters. The van der Waals surface area contributed by atoms with Crippen molar-refractivity contribution >= 4 is 23.3 Å². The average molecular weight is 272 g/mol. The third-order valence-corrected chi connectivity index (χ3v) is 3.16. The topological polar surface area (TPSA) is 55.7 Å². The second kappa shape index (κ2) is 5.29. The van der Waals surface area contributed by atoms with Crippen molar-refractivity contribution in [1.82, 2.24) is 19.7 Å². The van der Waals surface area contributed by atoms with Crippen molar-refractivity contribution in [2.24, 2.45) is 0 Å². The molecule has 0 saturated carbocycles. The molecule has 1 aromatic carbocycles. The molecule has 2 aromatic heterocycles. The van der Waals surface area contributed by atoms with Crippen LogP contribution in [0.15, 0.2) is 42.9 Å². The minimum atomic E-state index is 0.316. The third kappa shape index (κ3) is 2.54. The lowest BCUT2D eigenvalue weighted by molar-refractivity contribution is 0.0544. The molecule has 19 heavy (non-hydrogen) atoms. The maximum atomic E-state index is 5.61. The van der Waals surface area contributed by atoms with Crippen LogP contribution in [0.4, 0.5) is 0 Å². The van der Waals surface area contributed by atoms with Crippen LogP contribution in [0, 0.1) is 4.64 Å². The number of rotatable bonds is 4. The fourth-order valence-corrected chi connectivity index (χ4v) is 2.05. The molecule has 0 aliphatic carbocycles. The summed E-state index contributed by atoms with van der Waals surface area (Å²) in [4.78, 5) is 7.14. The van der Waals surface area contributed by atoms with Crippen molar-refractivity contribution < 1.29 is 4.74 Å². The Morgan fingerprint density at radius 2 is 2.11 bits per heavy atom. The molecule has 0 radical (unpaired) electrons. The number of hydrogen-bond acceptors (Lipinski definition) is 4. The Hall–Kier alpha value is -2.05. The maximum absolute atomic E-state index is 5.61. The number of H-pyrrole nitrogens is 1. The van der Waals surface area contributed by atoms with Crippen LogP contribution in [-0.4, -0.2) is 19.7 Å². The Labute approximate surface area is 114 Å². The smallest absolute Gasteiger partial charge is 0.153 e. The van der Waals surface area contributed by atoms with Crippen LogP contribution < -0.4 is 0 Å². The van der Waals surface area contributed by atoms with Gasteiger partial charge in [0.2, 0.25) is 0 Å². The zero-order valence-electron chi connectivity index (χ0n) is 10.1. The summed E-state index contributed by atoms with van der Waals surface area (Å²) in [5.74, 6) is 0. The van der Waals surface area contributed by atoms with Gasteiger partial charge in [0.1, 0.15) is 12.2 Å². The first-order valence-electron chi connectivity index (χ1n) is 5.85. The molecule has 0 amide bonds. The predicted octanol–water partition coefficient (Wildman–Crippen LogP) is 2.66. The average Bonchev–Trinajstić information content (AvgIpc) is 2.92. The standard InChI is InChI=1S/C13H12N4OS/c19-13-12-11(14-8-15-12)6-16-17(13)9-18-7-10-4-2-1-3-5-10/h1-6,8H,7,9H2,(H,14,15). The van der Waals surface area contributed by atoms with E-state index >= 15 is 0 Å². The van der Waals surface area contributed by atoms with E-state index in [4.69, 9.17) is 17.0 Å². The van der Waals surface area contributed by atoms with Crippen LogP contribution in [0.5, 0.6) is 0 Å². The minimum absolute atomic E-state index is 0.316. The van der Waals surface area contributed by atoms with Crippen LogP contribution in [0.1, 0.15) is 5.56 Å². The Kier molecular flexibility index (Phi) is 3.35. The number of imidazole rings is 1. The number of ether oxygens (including phenoxy) is 1. The quantitative estimate of drug-likeness (QED) is 0.742. The van der Waals surface area contributed by atoms with Crippen molar-refractivity contribution in [3.63, 3.8) is 0 Å². The van der Waals surface area contributed by atoms with Gasteiger partial charge in [0.05, 0.1) is 24.6 Å². The lowest BCUT2D eigenvalue weighted by atomic mass is 10.2. The number of nitrogens with one attached hydrogen (secondary N) is 1. The van der Waals surface area contributed by atoms with Crippen molar-refractivity contribution in [3.05, 3.63) is 53.1 Å². The molecule has 0 spiro atoms. The highest BCUT2D eigenvalue weighted by atomic mass is 32.1. The molecule has 0 saturated heterocycles. The summed E-state index contributed by atoms with van der Waals surface area (Å²) in [7, 11) is 0. The molecule has 0 atom stereocenters. The SMILES string of the molecule is S=c1c2nc[nH]c2cnn1COCc1ccccc1. The molecule has 2 heterocycles. The van der Waals surface area contributed by atoms with Crippen LogP contribution in [0.3, 0.4) is 0 Å². The van der Waals surface area contributed by atoms with Crippen LogP contribution in [0.25, 0.3) is 11.0 Å². The van der Waals surface area contributed by atoms with Gasteiger partial charge >= 0.3 is 0 Å². The van der Waals surface area contributed by atoms with Crippen molar-refractivity contribution in [1.29, 1.82) is 0 Å². The first-order valence-corrected chi connectivity index (χ1v) is 6.26. The Morgan fingerprint density at radius 3 is 2.95 bits per heavy atom. The predicted molar refractivity (Wildman–Crippen MR) is 73.9 cm³/mol. The number of hydrogen-bond donors (Lipinski definition) is 1. The molecule has 0 aliphatic heterocycles. The number of benzene rings is 1. The highest BCUT2D eigenvalue weighted by molar-refractivity contribution is 7.71. The normalized spacial score (nSPS) is 10.9. The van der Waals surface area contributed by atoms with Crippen LogP contribution in [0.2, 0.25) is 0 Å². The van der Waals surface area contributed by atoms with Gasteiger partial charge in [0, 0.05) is 0 Å². The van der Waals surface area contributed by atoms with Gasteiger partial charge in [-0.1, -0.05) is 42.5 Å². The lowest BCUT2D eigenvalue weighted by Crippen LogP contribution is -2.08. The lowest BCUT2D eigenvalue weighted by Gasteiger charge is -2.07. The highest BCUT2D eigenvalue weighted by Crippen LogP contribution is 2.09. The summed E-state index contributed by atoms with van der Waals surface area (Å²) in [6, 6.07) is 9.98. The Balaban J connectivity index is 1.72. The zero-order valence-corrected chi connectivity index (χ0v) is 10.9. The van der Waals surface area contributed by atoms with E-state index in [1.54, 1.807) is 17.2 Å². The molecule has 0 aliphatic rings. The Bertz CT molecular complexity index is 735. The number of nitrogens with zero attached hydrogens (tertiary/aromatic N) is 3. The van der Waals surface area contributed by atoms with Gasteiger partial charge in [0.25, 0.3) is 0 Å². The van der Waals surface area contributed by atoms with E-state index in [-0.39, 0.29) is 0 Å². The van der Waals surface area contributed by atoms with Crippen molar-refractivity contribution in [2.45, 2.75) is 13.3 Å². The largest absolute Gasteiger partial charge is 0.355 e. The molecule has 3 aromatic rings. The summed E-state index contributed by atoms with van der Waals surface area (Å²) in [5.41, 5.74) is 2.70. The van der Waals surface area contributed by atoms with Gasteiger partial charge in [-0.25, -0.2) is 9.67 Å². The van der Waals surface area contributed by atoms with E-state index < -0.39 is 0 Å². The fraction of sp³-hybridized carbons (Fsp3) is 0.154. The maximum Gasteiger partial charge on any atom is 0.153 e. The van der Waals surface area contributed by atoms with Gasteiger partial charge in [-0.15, -0.1) is 0 Å². The van der Waals surface area contributed by atoms with E-state index in [1.807, 2.05) is 30.3 Å². The second-order valence-electron chi connectivity index (χ2n) is 4.08. The zero-order chi connectivity index (χ0) is 13.1. The fourth-order valence-electron chi connectivity index (χ4n) is 1.79. The summed E-state index contributed by atoms with van der Waals surface area (Å²) < 4.78 is 7.81. The van der Waals surface area contributed by atoms with Gasteiger partial charge in [0.15, 0.2) is 4.64 Å². The minimum Gasteiger partial charge on any atom is -0.355 e. The molecule has 3 rings (SSSR count). The van der Waals surface area contributed by atoms with Gasteiger partial charge in [-0.2, -0.15) is 5.10 Å². The van der Waals surface area contributed by atoms with Gasteiger partial charge < -0.3 is 9.72 Å². The van der Waals surface area contributed by atoms with E-state index in [2.05, 4.69) is 15.1 Å². The van der Waals surface area contributed by atoms with Gasteiger partial charge in [-0.05, 0) is 5.56 Å². The monoisotopic (exact) mass is 272 g/mol. The van der Waals surface area contributed by atoms with Crippen molar-refractivity contribution in [3.8, 4) is 0 Å². The molecule has 1 N–H and O–H groups in total. The molecule has 0 bridgehead atoms. The molecule has 96 valence electrons. The third-order valence-electron chi connectivity index (χ3n) is 2.76. The summed E-state index contributed by atoms with van der Waals surface area (Å²) in [5, 5.41) is 4.23.